The van der Waals surface area contributed by atoms with Crippen molar-refractivity contribution < 1.29 is 9.90 Å². The van der Waals surface area contributed by atoms with Gasteiger partial charge in [-0.25, -0.2) is 0 Å². The molecule has 0 aromatic heterocycles. The van der Waals surface area contributed by atoms with Crippen LogP contribution < -0.4 is 5.32 Å². The molecule has 124 valence electrons. The molecule has 1 aromatic rings. The van der Waals surface area contributed by atoms with E-state index in [1.807, 2.05) is 51.1 Å². The second-order valence-electron chi connectivity index (χ2n) is 6.01. The van der Waals surface area contributed by atoms with Crippen LogP contribution in [0.5, 0.6) is 0 Å². The van der Waals surface area contributed by atoms with E-state index < -0.39 is 22.3 Å². The lowest BCUT2D eigenvalue weighted by atomic mass is 9.96. The summed E-state index contributed by atoms with van der Waals surface area (Å²) in [6, 6.07) is 9.31. The minimum Gasteiger partial charge on any atom is -0.388 e. The van der Waals surface area contributed by atoms with Gasteiger partial charge in [-0.1, -0.05) is 71.3 Å². The summed E-state index contributed by atoms with van der Waals surface area (Å²) in [6.45, 7) is 5.65. The van der Waals surface area contributed by atoms with Crippen LogP contribution in [0.3, 0.4) is 0 Å². The number of halogens is 2. The second-order valence-corrected chi connectivity index (χ2v) is 7.40. The van der Waals surface area contributed by atoms with E-state index in [9.17, 15) is 9.90 Å². The Morgan fingerprint density at radius 2 is 1.87 bits per heavy atom. The first-order valence-electron chi connectivity index (χ1n) is 7.52. The molecule has 5 heteroatoms. The van der Waals surface area contributed by atoms with Crippen LogP contribution in [0.25, 0.3) is 0 Å². The quantitative estimate of drug-likeness (QED) is 0.805. The third-order valence-electron chi connectivity index (χ3n) is 4.09. The maximum Gasteiger partial charge on any atom is 0.257 e. The molecular formula is C18H21Cl2NO2. The molecule has 2 N–H and O–H groups in total. The van der Waals surface area contributed by atoms with E-state index in [1.165, 1.54) is 0 Å². The van der Waals surface area contributed by atoms with Crippen LogP contribution in [0.2, 0.25) is 0 Å². The number of hydrogen-bond donors (Lipinski definition) is 2. The molecule has 23 heavy (non-hydrogen) atoms. The molecule has 0 saturated heterocycles. The van der Waals surface area contributed by atoms with Gasteiger partial charge in [0.05, 0.1) is 12.1 Å². The first kappa shape index (κ1) is 18.1. The number of amides is 1. The highest BCUT2D eigenvalue weighted by Gasteiger charge is 2.47. The van der Waals surface area contributed by atoms with Gasteiger partial charge in [-0.3, -0.25) is 4.79 Å². The number of rotatable bonds is 4. The van der Waals surface area contributed by atoms with Crippen LogP contribution in [-0.2, 0) is 4.79 Å². The van der Waals surface area contributed by atoms with E-state index in [4.69, 9.17) is 23.2 Å². The Morgan fingerprint density at radius 1 is 1.26 bits per heavy atom. The molecule has 0 unspecified atom stereocenters. The van der Waals surface area contributed by atoms with E-state index in [-0.39, 0.29) is 6.04 Å². The summed E-state index contributed by atoms with van der Waals surface area (Å²) in [6.07, 6.45) is 2.59. The van der Waals surface area contributed by atoms with Gasteiger partial charge in [0.25, 0.3) is 5.91 Å². The predicted octanol–water partition coefficient (Wildman–Crippen LogP) is 3.92. The third-order valence-corrected chi connectivity index (χ3v) is 4.94. The molecule has 1 aliphatic carbocycles. The molecule has 0 saturated carbocycles. The van der Waals surface area contributed by atoms with Crippen molar-refractivity contribution in [3.05, 3.63) is 59.2 Å². The molecule has 0 aliphatic heterocycles. The molecule has 0 fully saturated rings. The summed E-state index contributed by atoms with van der Waals surface area (Å²) in [4.78, 5) is 12.5. The van der Waals surface area contributed by atoms with Gasteiger partial charge in [-0.15, -0.1) is 0 Å². The molecule has 1 aromatic carbocycles. The summed E-state index contributed by atoms with van der Waals surface area (Å²) in [5.41, 5.74) is 2.68. The number of aliphatic hydroxyl groups is 1. The van der Waals surface area contributed by atoms with Gasteiger partial charge in [0.15, 0.2) is 0 Å². The molecule has 2 rings (SSSR count). The van der Waals surface area contributed by atoms with E-state index in [0.29, 0.717) is 0 Å². The van der Waals surface area contributed by atoms with Crippen molar-refractivity contribution in [1.29, 1.82) is 0 Å². The topological polar surface area (TPSA) is 49.3 Å². The zero-order valence-corrected chi connectivity index (χ0v) is 14.9. The highest BCUT2D eigenvalue weighted by atomic mass is 35.5. The van der Waals surface area contributed by atoms with Crippen LogP contribution >= 0.6 is 23.2 Å². The maximum atomic E-state index is 12.5. The average molecular weight is 354 g/mol. The molecule has 0 radical (unpaired) electrons. The summed E-state index contributed by atoms with van der Waals surface area (Å²) >= 11 is 12.6. The van der Waals surface area contributed by atoms with Crippen LogP contribution in [0.4, 0.5) is 0 Å². The van der Waals surface area contributed by atoms with E-state index in [0.717, 1.165) is 16.7 Å². The van der Waals surface area contributed by atoms with Crippen molar-refractivity contribution in [3.8, 4) is 0 Å². The summed E-state index contributed by atoms with van der Waals surface area (Å²) in [5, 5.41) is 13.2. The predicted molar refractivity (Wildman–Crippen MR) is 94.4 cm³/mol. The van der Waals surface area contributed by atoms with Crippen LogP contribution in [0.15, 0.2) is 53.6 Å². The number of carbonyl (C=O) groups is 1. The number of benzene rings is 1. The molecule has 0 spiro atoms. The van der Waals surface area contributed by atoms with Gasteiger partial charge in [-0.2, -0.15) is 0 Å². The zero-order chi connectivity index (χ0) is 17.2. The number of nitrogens with one attached hydrogen (secondary N) is 1. The standard InChI is InChI=1S/C18H21Cl2NO2/c1-11(2)14-9-10-15(16(14)22)18(19,20)17(23)21-12(3)13-7-5-4-6-8-13/h4-10,12,15-16,22H,1-3H3,(H,21,23)/t12-,15-,16+/m1/s1. The zero-order valence-electron chi connectivity index (χ0n) is 13.4. The Bertz CT molecular complexity index is 634. The molecule has 1 aliphatic rings. The normalized spacial score (nSPS) is 22.1. The van der Waals surface area contributed by atoms with Gasteiger partial charge in [0.2, 0.25) is 4.33 Å². The fourth-order valence-corrected chi connectivity index (χ4v) is 3.15. The molecule has 0 heterocycles. The highest BCUT2D eigenvalue weighted by molar-refractivity contribution is 6.58. The monoisotopic (exact) mass is 353 g/mol. The summed E-state index contributed by atoms with van der Waals surface area (Å²) in [5.74, 6) is -1.19. The highest BCUT2D eigenvalue weighted by Crippen LogP contribution is 2.41. The average Bonchev–Trinajstić information content (AvgIpc) is 2.90. The van der Waals surface area contributed by atoms with E-state index in [2.05, 4.69) is 5.32 Å². The second kappa shape index (κ2) is 7.08. The molecule has 1 amide bonds. The van der Waals surface area contributed by atoms with Gasteiger partial charge >= 0.3 is 0 Å². The Balaban J connectivity index is 2.12. The Labute approximate surface area is 147 Å². The van der Waals surface area contributed by atoms with Crippen LogP contribution in [0, 0.1) is 5.92 Å². The molecule has 3 atom stereocenters. The first-order chi connectivity index (χ1) is 10.7. The summed E-state index contributed by atoms with van der Waals surface area (Å²) < 4.78 is -1.74. The Hall–Kier alpha value is -1.29. The lowest BCUT2D eigenvalue weighted by Gasteiger charge is -2.29. The van der Waals surface area contributed by atoms with E-state index in [1.54, 1.807) is 12.2 Å². The van der Waals surface area contributed by atoms with Crippen molar-refractivity contribution in [2.45, 2.75) is 37.3 Å². The summed E-state index contributed by atoms with van der Waals surface area (Å²) in [7, 11) is 0. The number of hydrogen-bond acceptors (Lipinski definition) is 2. The number of carbonyl (C=O) groups excluding carboxylic acids is 1. The minimum absolute atomic E-state index is 0.231. The number of alkyl halides is 2. The third kappa shape index (κ3) is 3.79. The molecular weight excluding hydrogens is 333 g/mol. The van der Waals surface area contributed by atoms with Crippen molar-refractivity contribution in [1.82, 2.24) is 5.32 Å². The van der Waals surface area contributed by atoms with Gasteiger partial charge in [0, 0.05) is 5.92 Å². The molecule has 0 bridgehead atoms. The van der Waals surface area contributed by atoms with Crippen molar-refractivity contribution in [2.24, 2.45) is 5.92 Å². The largest absolute Gasteiger partial charge is 0.388 e. The maximum absolute atomic E-state index is 12.5. The van der Waals surface area contributed by atoms with Gasteiger partial charge in [-0.05, 0) is 31.9 Å². The minimum atomic E-state index is -1.74. The SMILES string of the molecule is CC(C)=C1C=C[C@@H](C(Cl)(Cl)C(=O)N[C@H](C)c2ccccc2)[C@H]1O. The van der Waals surface area contributed by atoms with Crippen LogP contribution in [-0.4, -0.2) is 21.5 Å². The lowest BCUT2D eigenvalue weighted by Crippen LogP contribution is -2.47. The fraction of sp³-hybridized carbons (Fsp3) is 0.389. The lowest BCUT2D eigenvalue weighted by molar-refractivity contribution is -0.123. The molecule has 3 nitrogen and oxygen atoms in total. The van der Waals surface area contributed by atoms with E-state index >= 15 is 0 Å². The fourth-order valence-electron chi connectivity index (χ4n) is 2.66. The van der Waals surface area contributed by atoms with Gasteiger partial charge < -0.3 is 10.4 Å². The van der Waals surface area contributed by atoms with Crippen molar-refractivity contribution >= 4 is 29.1 Å². The Kier molecular flexibility index (Phi) is 5.56. The van der Waals surface area contributed by atoms with Crippen molar-refractivity contribution in [2.75, 3.05) is 0 Å². The Morgan fingerprint density at radius 3 is 2.39 bits per heavy atom. The smallest absolute Gasteiger partial charge is 0.257 e. The van der Waals surface area contributed by atoms with Crippen molar-refractivity contribution in [3.63, 3.8) is 0 Å². The first-order valence-corrected chi connectivity index (χ1v) is 8.28. The number of aliphatic hydroxyl groups excluding tert-OH is 1. The number of allylic oxidation sites excluding steroid dienone is 1. The van der Waals surface area contributed by atoms with Gasteiger partial charge in [0.1, 0.15) is 0 Å². The van der Waals surface area contributed by atoms with Crippen LogP contribution in [0.1, 0.15) is 32.4 Å².